The standard InChI is InChI=1S/C39H54N6O3S/c1-33(2)45(31-32-49(47,48)38-18-17-34-11-9-10-16-37(34)38)39(46)44(29-23-40-19-25-42(26-20-40)35-12-5-3-6-13-35)30-24-41-21-27-43(28-22-41)36-14-7-4-8-15-36/h3-16,33,38H,17-32H2,1-2H3. The summed E-state index contributed by atoms with van der Waals surface area (Å²) in [6.07, 6.45) is 1.42. The molecule has 0 bridgehead atoms. The molecule has 9 nitrogen and oxygen atoms in total. The lowest BCUT2D eigenvalue weighted by Gasteiger charge is -2.40. The number of para-hydroxylation sites is 2. The number of benzene rings is 3. The van der Waals surface area contributed by atoms with Crippen molar-refractivity contribution in [2.75, 3.05) is 101 Å². The Labute approximate surface area is 294 Å². The first-order valence-corrected chi connectivity index (χ1v) is 19.9. The number of carbonyl (C=O) groups excluding carboxylic acids is 1. The largest absolute Gasteiger partial charge is 0.369 e. The van der Waals surface area contributed by atoms with Crippen LogP contribution in [-0.4, -0.2) is 131 Å². The van der Waals surface area contributed by atoms with E-state index >= 15 is 0 Å². The van der Waals surface area contributed by atoms with Crippen LogP contribution in [0.25, 0.3) is 0 Å². The Hall–Kier alpha value is -3.60. The van der Waals surface area contributed by atoms with Gasteiger partial charge >= 0.3 is 6.03 Å². The maximum Gasteiger partial charge on any atom is 0.320 e. The van der Waals surface area contributed by atoms with E-state index in [0.29, 0.717) is 19.5 Å². The Kier molecular flexibility index (Phi) is 11.8. The molecule has 0 spiro atoms. The second-order valence-corrected chi connectivity index (χ2v) is 16.3. The zero-order valence-corrected chi connectivity index (χ0v) is 30.2. The van der Waals surface area contributed by atoms with Crippen LogP contribution in [0.2, 0.25) is 0 Å². The van der Waals surface area contributed by atoms with Crippen LogP contribution in [0, 0.1) is 0 Å². The lowest BCUT2D eigenvalue weighted by Crippen LogP contribution is -2.54. The average molecular weight is 687 g/mol. The van der Waals surface area contributed by atoms with E-state index in [9.17, 15) is 13.2 Å². The van der Waals surface area contributed by atoms with Crippen molar-refractivity contribution in [1.29, 1.82) is 0 Å². The highest BCUT2D eigenvalue weighted by molar-refractivity contribution is 7.91. The molecule has 6 rings (SSSR count). The van der Waals surface area contributed by atoms with Gasteiger partial charge in [0, 0.05) is 102 Å². The van der Waals surface area contributed by atoms with Gasteiger partial charge in [-0.3, -0.25) is 9.80 Å². The first-order chi connectivity index (χ1) is 23.8. The number of aryl methyl sites for hydroxylation is 1. The van der Waals surface area contributed by atoms with Gasteiger partial charge < -0.3 is 19.6 Å². The predicted octanol–water partition coefficient (Wildman–Crippen LogP) is 4.87. The number of hydrogen-bond donors (Lipinski definition) is 0. The highest BCUT2D eigenvalue weighted by Crippen LogP contribution is 2.37. The van der Waals surface area contributed by atoms with Gasteiger partial charge in [-0.05, 0) is 62.1 Å². The summed E-state index contributed by atoms with van der Waals surface area (Å²) in [5.41, 5.74) is 4.59. The lowest BCUT2D eigenvalue weighted by molar-refractivity contribution is 0.125. The van der Waals surface area contributed by atoms with Crippen molar-refractivity contribution in [2.24, 2.45) is 0 Å². The van der Waals surface area contributed by atoms with Crippen LogP contribution < -0.4 is 9.80 Å². The molecule has 10 heteroatoms. The molecule has 0 aromatic heterocycles. The van der Waals surface area contributed by atoms with Gasteiger partial charge in [0.15, 0.2) is 9.84 Å². The van der Waals surface area contributed by atoms with Gasteiger partial charge in [0.1, 0.15) is 0 Å². The number of amides is 2. The van der Waals surface area contributed by atoms with Crippen molar-refractivity contribution < 1.29 is 13.2 Å². The van der Waals surface area contributed by atoms with Crippen molar-refractivity contribution in [3.8, 4) is 0 Å². The van der Waals surface area contributed by atoms with Gasteiger partial charge in [0.2, 0.25) is 0 Å². The minimum atomic E-state index is -3.41. The first-order valence-electron chi connectivity index (χ1n) is 18.2. The third kappa shape index (κ3) is 8.96. The van der Waals surface area contributed by atoms with Crippen LogP contribution in [0.1, 0.15) is 36.6 Å². The van der Waals surface area contributed by atoms with Gasteiger partial charge in [-0.15, -0.1) is 0 Å². The third-order valence-corrected chi connectivity index (χ3v) is 12.7. The number of sulfone groups is 1. The fraction of sp³-hybridized carbons (Fsp3) is 0.513. The Bertz CT molecular complexity index is 1530. The molecular weight excluding hydrogens is 633 g/mol. The molecule has 0 radical (unpaired) electrons. The Morgan fingerprint density at radius 1 is 0.694 bits per heavy atom. The molecule has 49 heavy (non-hydrogen) atoms. The van der Waals surface area contributed by atoms with E-state index in [-0.39, 0.29) is 24.4 Å². The summed E-state index contributed by atoms with van der Waals surface area (Å²) < 4.78 is 27.3. The molecule has 2 amide bonds. The zero-order chi connectivity index (χ0) is 34.2. The molecule has 2 aliphatic heterocycles. The Morgan fingerprint density at radius 3 is 1.69 bits per heavy atom. The predicted molar refractivity (Wildman–Crippen MR) is 200 cm³/mol. The number of anilines is 2. The zero-order valence-electron chi connectivity index (χ0n) is 29.4. The quantitative estimate of drug-likeness (QED) is 0.254. The monoisotopic (exact) mass is 686 g/mol. The number of urea groups is 1. The van der Waals surface area contributed by atoms with E-state index in [4.69, 9.17) is 0 Å². The molecule has 1 aliphatic carbocycles. The van der Waals surface area contributed by atoms with Crippen LogP contribution in [0.15, 0.2) is 84.9 Å². The molecule has 1 atom stereocenters. The average Bonchev–Trinajstić information content (AvgIpc) is 3.58. The van der Waals surface area contributed by atoms with Crippen molar-refractivity contribution in [3.05, 3.63) is 96.1 Å². The van der Waals surface area contributed by atoms with E-state index in [1.54, 1.807) is 4.90 Å². The first kappa shape index (κ1) is 35.2. The highest BCUT2D eigenvalue weighted by Gasteiger charge is 2.35. The van der Waals surface area contributed by atoms with Crippen molar-refractivity contribution in [2.45, 2.75) is 38.0 Å². The molecule has 1 unspecified atom stereocenters. The van der Waals surface area contributed by atoms with E-state index in [0.717, 1.165) is 83.0 Å². The number of nitrogens with zero attached hydrogens (tertiary/aromatic N) is 6. The molecule has 3 aromatic rings. The number of hydrogen-bond acceptors (Lipinski definition) is 7. The van der Waals surface area contributed by atoms with Crippen molar-refractivity contribution in [1.82, 2.24) is 19.6 Å². The van der Waals surface area contributed by atoms with Gasteiger partial charge in [0.05, 0.1) is 11.0 Å². The molecular formula is C39H54N6O3S. The van der Waals surface area contributed by atoms with Crippen molar-refractivity contribution >= 4 is 27.2 Å². The lowest BCUT2D eigenvalue weighted by atomic mass is 10.1. The normalized spacial score (nSPS) is 18.9. The molecule has 2 saturated heterocycles. The number of fused-ring (bicyclic) bond motifs is 1. The van der Waals surface area contributed by atoms with Gasteiger partial charge in [0.25, 0.3) is 0 Å². The molecule has 0 saturated carbocycles. The minimum Gasteiger partial charge on any atom is -0.369 e. The fourth-order valence-electron chi connectivity index (χ4n) is 7.58. The number of rotatable bonds is 13. The third-order valence-electron chi connectivity index (χ3n) is 10.6. The maximum atomic E-state index is 14.3. The van der Waals surface area contributed by atoms with E-state index in [1.807, 2.05) is 43.0 Å². The molecule has 3 aliphatic rings. The highest BCUT2D eigenvalue weighted by atomic mass is 32.2. The summed E-state index contributed by atoms with van der Waals surface area (Å²) >= 11 is 0. The van der Waals surface area contributed by atoms with Crippen LogP contribution in [0.4, 0.5) is 16.2 Å². The van der Waals surface area contributed by atoms with E-state index in [2.05, 4.69) is 80.3 Å². The second kappa shape index (κ2) is 16.4. The number of piperazine rings is 2. The minimum absolute atomic E-state index is 0.0212. The van der Waals surface area contributed by atoms with Gasteiger partial charge in [-0.1, -0.05) is 60.7 Å². The fourth-order valence-corrected chi connectivity index (χ4v) is 9.41. The molecule has 264 valence electrons. The Morgan fingerprint density at radius 2 is 1.18 bits per heavy atom. The summed E-state index contributed by atoms with van der Waals surface area (Å²) in [4.78, 5) is 27.9. The summed E-state index contributed by atoms with van der Waals surface area (Å²) in [5, 5.41) is -0.479. The van der Waals surface area contributed by atoms with Gasteiger partial charge in [-0.25, -0.2) is 13.2 Å². The van der Waals surface area contributed by atoms with E-state index < -0.39 is 15.1 Å². The topological polar surface area (TPSA) is 70.6 Å². The number of carbonyl (C=O) groups is 1. The van der Waals surface area contributed by atoms with Crippen LogP contribution in [0.5, 0.6) is 0 Å². The SMILES string of the molecule is CC(C)N(CCS(=O)(=O)C1CCc2ccccc21)C(=O)N(CCN1CCN(c2ccccc2)CC1)CCN1CCN(c2ccccc2)CC1. The molecule has 2 heterocycles. The summed E-state index contributed by atoms with van der Waals surface area (Å²) in [6, 6.07) is 28.9. The van der Waals surface area contributed by atoms with Crippen molar-refractivity contribution in [3.63, 3.8) is 0 Å². The van der Waals surface area contributed by atoms with Gasteiger partial charge in [-0.2, -0.15) is 0 Å². The van der Waals surface area contributed by atoms with Crippen LogP contribution >= 0.6 is 0 Å². The Balaban J connectivity index is 1.08. The molecule has 3 aromatic carbocycles. The summed E-state index contributed by atoms with van der Waals surface area (Å²) in [6.45, 7) is 14.7. The summed E-state index contributed by atoms with van der Waals surface area (Å²) in [7, 11) is -3.41. The van der Waals surface area contributed by atoms with Crippen LogP contribution in [0.3, 0.4) is 0 Å². The maximum absolute atomic E-state index is 14.3. The van der Waals surface area contributed by atoms with Crippen LogP contribution in [-0.2, 0) is 16.3 Å². The summed E-state index contributed by atoms with van der Waals surface area (Å²) in [5.74, 6) is -0.0212. The second-order valence-electron chi connectivity index (χ2n) is 14.0. The smallest absolute Gasteiger partial charge is 0.320 e. The molecule has 2 fully saturated rings. The van der Waals surface area contributed by atoms with E-state index in [1.165, 1.54) is 11.4 Å². The molecule has 0 N–H and O–H groups in total.